The van der Waals surface area contributed by atoms with E-state index >= 15 is 0 Å². The maximum atomic E-state index is 13.1. The number of amides is 2. The fourth-order valence-electron chi connectivity index (χ4n) is 5.64. The van der Waals surface area contributed by atoms with Crippen LogP contribution in [0.1, 0.15) is 12.5 Å². The van der Waals surface area contributed by atoms with E-state index in [-0.39, 0.29) is 59.2 Å². The first kappa shape index (κ1) is 15.8. The summed E-state index contributed by atoms with van der Waals surface area (Å²) in [4.78, 5) is 39.8. The summed E-state index contributed by atoms with van der Waals surface area (Å²) in [5, 5.41) is 0. The maximum Gasteiger partial charge on any atom is 0.309 e. The van der Waals surface area contributed by atoms with Crippen LogP contribution in [0.3, 0.4) is 0 Å². The third kappa shape index (κ3) is 2.00. The highest BCUT2D eigenvalue weighted by molar-refractivity contribution is 6.06. The molecule has 2 bridgehead atoms. The summed E-state index contributed by atoms with van der Waals surface area (Å²) < 4.78 is 5.21. The lowest BCUT2D eigenvalue weighted by Gasteiger charge is -2.37. The van der Waals surface area contributed by atoms with Gasteiger partial charge in [-0.2, -0.15) is 0 Å². The quantitative estimate of drug-likeness (QED) is 0.473. The van der Waals surface area contributed by atoms with Gasteiger partial charge in [-0.05, 0) is 36.2 Å². The van der Waals surface area contributed by atoms with Crippen molar-refractivity contribution in [3.05, 3.63) is 48.0 Å². The lowest BCUT2D eigenvalue weighted by molar-refractivity contribution is -0.146. The van der Waals surface area contributed by atoms with Crippen molar-refractivity contribution in [2.75, 3.05) is 6.61 Å². The third-order valence-electron chi connectivity index (χ3n) is 6.64. The second-order valence-electron chi connectivity index (χ2n) is 7.77. The molecular weight excluding hydrogens is 330 g/mol. The number of likely N-dealkylation sites (tertiary alicyclic amines) is 1. The number of carbonyl (C=O) groups is 3. The van der Waals surface area contributed by atoms with Crippen LogP contribution in [0.25, 0.3) is 0 Å². The Labute approximate surface area is 152 Å². The summed E-state index contributed by atoms with van der Waals surface area (Å²) in [6.45, 7) is 2.51. The van der Waals surface area contributed by atoms with Crippen LogP contribution < -0.4 is 0 Å². The van der Waals surface area contributed by atoms with Gasteiger partial charge >= 0.3 is 5.97 Å². The molecule has 0 spiro atoms. The van der Waals surface area contributed by atoms with Crippen molar-refractivity contribution in [2.45, 2.75) is 13.5 Å². The molecular formula is C21H21NO4. The minimum Gasteiger partial charge on any atom is -0.466 e. The van der Waals surface area contributed by atoms with E-state index in [9.17, 15) is 14.4 Å². The number of nitrogens with zero attached hydrogens (tertiary/aromatic N) is 1. The van der Waals surface area contributed by atoms with Crippen molar-refractivity contribution in [1.82, 2.24) is 4.90 Å². The van der Waals surface area contributed by atoms with Gasteiger partial charge in [-0.1, -0.05) is 42.5 Å². The Morgan fingerprint density at radius 2 is 1.58 bits per heavy atom. The molecule has 5 heteroatoms. The number of imide groups is 1. The number of hydrogen-bond donors (Lipinski definition) is 0. The highest BCUT2D eigenvalue weighted by Gasteiger charge is 2.73. The zero-order chi connectivity index (χ0) is 18.0. The van der Waals surface area contributed by atoms with Crippen molar-refractivity contribution in [3.63, 3.8) is 0 Å². The predicted molar refractivity (Wildman–Crippen MR) is 92.2 cm³/mol. The molecule has 2 saturated carbocycles. The van der Waals surface area contributed by atoms with E-state index in [4.69, 9.17) is 4.74 Å². The molecule has 0 radical (unpaired) electrons. The first-order valence-corrected chi connectivity index (χ1v) is 9.37. The van der Waals surface area contributed by atoms with Crippen LogP contribution in [0.2, 0.25) is 0 Å². The second-order valence-corrected chi connectivity index (χ2v) is 7.77. The number of rotatable bonds is 4. The fraction of sp³-hybridized carbons (Fsp3) is 0.476. The molecule has 1 unspecified atom stereocenters. The highest BCUT2D eigenvalue weighted by Crippen LogP contribution is 2.69. The van der Waals surface area contributed by atoms with Gasteiger partial charge in [0, 0.05) is 0 Å². The SMILES string of the molecule is CCOC(=O)C1[C@@H]2[C@H]3C=C[C@@H]([C@@H]4C(=O)N(Cc5ccccc5)C(=O)[C@H]34)[C@H]12. The summed E-state index contributed by atoms with van der Waals surface area (Å²) in [5.41, 5.74) is 0.961. The van der Waals surface area contributed by atoms with E-state index in [0.717, 1.165) is 5.56 Å². The summed E-state index contributed by atoms with van der Waals surface area (Å²) in [7, 11) is 0. The number of carbonyl (C=O) groups excluding carboxylic acids is 3. The van der Waals surface area contributed by atoms with Crippen molar-refractivity contribution >= 4 is 17.8 Å². The monoisotopic (exact) mass is 351 g/mol. The molecule has 4 aliphatic carbocycles. The molecule has 5 nitrogen and oxygen atoms in total. The van der Waals surface area contributed by atoms with E-state index in [1.807, 2.05) is 30.3 Å². The van der Waals surface area contributed by atoms with E-state index < -0.39 is 0 Å². The molecule has 0 N–H and O–H groups in total. The zero-order valence-electron chi connectivity index (χ0n) is 14.6. The molecule has 2 amide bonds. The van der Waals surface area contributed by atoms with Crippen molar-refractivity contribution < 1.29 is 19.1 Å². The minimum atomic E-state index is -0.304. The first-order chi connectivity index (χ1) is 12.6. The summed E-state index contributed by atoms with van der Waals surface area (Å²) >= 11 is 0. The van der Waals surface area contributed by atoms with Crippen LogP contribution in [0.4, 0.5) is 0 Å². The smallest absolute Gasteiger partial charge is 0.309 e. The lowest BCUT2D eigenvalue weighted by atomic mass is 9.63. The van der Waals surface area contributed by atoms with Crippen LogP contribution in [0, 0.1) is 41.4 Å². The van der Waals surface area contributed by atoms with Gasteiger partial charge in [0.05, 0.1) is 30.9 Å². The fourth-order valence-corrected chi connectivity index (χ4v) is 5.64. The Bertz CT molecular complexity index is 779. The molecule has 3 fully saturated rings. The Morgan fingerprint density at radius 1 is 1.00 bits per heavy atom. The topological polar surface area (TPSA) is 63.7 Å². The Kier molecular flexibility index (Phi) is 3.36. The first-order valence-electron chi connectivity index (χ1n) is 9.37. The molecule has 1 heterocycles. The molecule has 6 rings (SSSR count). The molecule has 26 heavy (non-hydrogen) atoms. The van der Waals surface area contributed by atoms with Gasteiger partial charge in [0.25, 0.3) is 0 Å². The van der Waals surface area contributed by atoms with E-state index in [2.05, 4.69) is 12.2 Å². The summed E-state index contributed by atoms with van der Waals surface area (Å²) in [6, 6.07) is 9.62. The number of hydrogen-bond acceptors (Lipinski definition) is 4. The Hall–Kier alpha value is -2.43. The molecule has 1 aromatic rings. The van der Waals surface area contributed by atoms with Crippen LogP contribution in [0.15, 0.2) is 42.5 Å². The second kappa shape index (κ2) is 5.53. The molecule has 134 valence electrons. The number of allylic oxidation sites excluding steroid dienone is 2. The normalized spacial score (nSPS) is 39.0. The molecule has 1 aromatic carbocycles. The van der Waals surface area contributed by atoms with Gasteiger partial charge in [-0.3, -0.25) is 19.3 Å². The number of esters is 1. The largest absolute Gasteiger partial charge is 0.466 e. The van der Waals surface area contributed by atoms with Gasteiger partial charge in [0.2, 0.25) is 11.8 Å². The van der Waals surface area contributed by atoms with E-state index in [0.29, 0.717) is 13.2 Å². The predicted octanol–water partition coefficient (Wildman–Crippen LogP) is 2.03. The standard InChI is InChI=1S/C21H21NO4/c1-2-26-21(25)18-14-12-8-9-13(15(14)18)17-16(12)19(23)22(20(17)24)10-11-6-4-3-5-7-11/h3-9,12-18H,2,10H2,1H3/t12-,13-,14-,15+,16-,17+,18?/m1/s1. The summed E-state index contributed by atoms with van der Waals surface area (Å²) in [6.07, 6.45) is 4.15. The molecule has 7 atom stereocenters. The molecule has 0 aromatic heterocycles. The number of ether oxygens (including phenoxy) is 1. The van der Waals surface area contributed by atoms with Gasteiger partial charge in [0.1, 0.15) is 0 Å². The van der Waals surface area contributed by atoms with Crippen LogP contribution >= 0.6 is 0 Å². The number of benzene rings is 1. The van der Waals surface area contributed by atoms with E-state index in [1.165, 1.54) is 4.90 Å². The lowest BCUT2D eigenvalue weighted by Crippen LogP contribution is -2.40. The Balaban J connectivity index is 1.41. The summed E-state index contributed by atoms with van der Waals surface area (Å²) in [5.74, 6) is -0.757. The molecule has 1 saturated heterocycles. The third-order valence-corrected chi connectivity index (χ3v) is 6.64. The van der Waals surface area contributed by atoms with Crippen molar-refractivity contribution in [2.24, 2.45) is 41.4 Å². The van der Waals surface area contributed by atoms with Crippen LogP contribution in [-0.4, -0.2) is 29.3 Å². The van der Waals surface area contributed by atoms with Crippen molar-refractivity contribution in [3.8, 4) is 0 Å². The average molecular weight is 351 g/mol. The van der Waals surface area contributed by atoms with Crippen LogP contribution in [0.5, 0.6) is 0 Å². The average Bonchev–Trinajstić information content (AvgIpc) is 3.38. The van der Waals surface area contributed by atoms with Crippen LogP contribution in [-0.2, 0) is 25.7 Å². The van der Waals surface area contributed by atoms with Gasteiger partial charge < -0.3 is 4.74 Å². The van der Waals surface area contributed by atoms with Crippen molar-refractivity contribution in [1.29, 1.82) is 0 Å². The van der Waals surface area contributed by atoms with Gasteiger partial charge in [-0.15, -0.1) is 0 Å². The Morgan fingerprint density at radius 3 is 2.12 bits per heavy atom. The highest BCUT2D eigenvalue weighted by atomic mass is 16.5. The maximum absolute atomic E-state index is 13.1. The van der Waals surface area contributed by atoms with Gasteiger partial charge in [-0.25, -0.2) is 0 Å². The zero-order valence-corrected chi connectivity index (χ0v) is 14.6. The molecule has 1 aliphatic heterocycles. The van der Waals surface area contributed by atoms with E-state index in [1.54, 1.807) is 6.92 Å². The molecule has 5 aliphatic rings. The van der Waals surface area contributed by atoms with Gasteiger partial charge in [0.15, 0.2) is 0 Å². The minimum absolute atomic E-state index is 0.0124.